The second-order valence-electron chi connectivity index (χ2n) is 3.65. The van der Waals surface area contributed by atoms with E-state index in [-0.39, 0.29) is 0 Å². The van der Waals surface area contributed by atoms with Gasteiger partial charge in [0, 0.05) is 12.3 Å². The number of hydrogen-bond acceptors (Lipinski definition) is 4. The topological polar surface area (TPSA) is 84.3 Å². The average Bonchev–Trinajstić information content (AvgIpc) is 2.57. The lowest BCUT2D eigenvalue weighted by Gasteiger charge is -2.14. The number of nitrogens with zero attached hydrogens (tertiary/aromatic N) is 1. The Morgan fingerprint density at radius 2 is 2.12 bits per heavy atom. The van der Waals surface area contributed by atoms with Crippen LogP contribution in [0.3, 0.4) is 0 Å². The average molecular weight is 248 g/mol. The minimum absolute atomic E-state index is 0.643. The van der Waals surface area contributed by atoms with Crippen LogP contribution in [-0.4, -0.2) is 39.7 Å². The lowest BCUT2D eigenvalue weighted by Crippen LogP contribution is -2.34. The molecule has 1 aromatic heterocycles. The van der Waals surface area contributed by atoms with Crippen LogP contribution in [0.25, 0.3) is 0 Å². The Morgan fingerprint density at radius 1 is 1.41 bits per heavy atom. The van der Waals surface area contributed by atoms with Crippen LogP contribution in [0.5, 0.6) is 0 Å². The fraction of sp³-hybridized carbons (Fsp3) is 0.556. The van der Waals surface area contributed by atoms with Crippen LogP contribution in [0, 0.1) is 0 Å². The maximum absolute atomic E-state index is 13.5. The highest BCUT2D eigenvalue weighted by molar-refractivity contribution is 4.93. The van der Waals surface area contributed by atoms with Gasteiger partial charge in [-0.1, -0.05) is 0 Å². The highest BCUT2D eigenvalue weighted by atomic mass is 19.2. The number of nitrogens with one attached hydrogen (secondary N) is 1. The molecule has 1 aliphatic rings. The molecule has 0 saturated carbocycles. The van der Waals surface area contributed by atoms with E-state index in [0.29, 0.717) is 0 Å². The van der Waals surface area contributed by atoms with Crippen LogP contribution >= 0.6 is 0 Å². The number of halogens is 2. The number of ether oxygens (including phenoxy) is 1. The van der Waals surface area contributed by atoms with E-state index in [4.69, 9.17) is 9.84 Å². The van der Waals surface area contributed by atoms with E-state index >= 15 is 0 Å². The number of aromatic amines is 1. The molecule has 2 N–H and O–H groups in total. The van der Waals surface area contributed by atoms with E-state index in [1.54, 1.807) is 0 Å². The predicted molar refractivity (Wildman–Crippen MR) is 52.1 cm³/mol. The van der Waals surface area contributed by atoms with Gasteiger partial charge in [0.05, 0.1) is 6.61 Å². The first-order valence-electron chi connectivity index (χ1n) is 4.90. The summed E-state index contributed by atoms with van der Waals surface area (Å²) in [6.45, 7) is -0.684. The Bertz CT molecular complexity index is 514. The molecule has 1 fully saturated rings. The third kappa shape index (κ3) is 2.01. The number of aliphatic hydroxyl groups is 1. The zero-order valence-electron chi connectivity index (χ0n) is 8.55. The quantitative estimate of drug-likeness (QED) is 0.710. The van der Waals surface area contributed by atoms with Gasteiger partial charge in [-0.15, -0.1) is 0 Å². The van der Waals surface area contributed by atoms with Gasteiger partial charge < -0.3 is 9.84 Å². The van der Waals surface area contributed by atoms with E-state index in [0.717, 1.165) is 16.8 Å². The van der Waals surface area contributed by atoms with Crippen molar-refractivity contribution in [3.63, 3.8) is 0 Å². The van der Waals surface area contributed by atoms with Crippen LogP contribution < -0.4 is 11.2 Å². The Labute approximate surface area is 93.5 Å². The van der Waals surface area contributed by atoms with Crippen molar-refractivity contribution in [2.45, 2.75) is 24.7 Å². The molecule has 0 amide bonds. The van der Waals surface area contributed by atoms with Gasteiger partial charge in [0.25, 0.3) is 5.56 Å². The smallest absolute Gasteiger partial charge is 0.330 e. The van der Waals surface area contributed by atoms with Gasteiger partial charge in [0.15, 0.2) is 18.6 Å². The molecule has 0 radical (unpaired) electrons. The van der Waals surface area contributed by atoms with E-state index in [9.17, 15) is 18.4 Å². The molecular weight excluding hydrogens is 238 g/mol. The molecule has 0 aliphatic carbocycles. The number of hydrogen-bond donors (Lipinski definition) is 2. The van der Waals surface area contributed by atoms with Crippen molar-refractivity contribution in [3.05, 3.63) is 33.1 Å². The van der Waals surface area contributed by atoms with Crippen LogP contribution in [0.2, 0.25) is 0 Å². The third-order valence-corrected chi connectivity index (χ3v) is 2.55. The molecule has 2 rings (SSSR count). The first-order chi connectivity index (χ1) is 8.04. The largest absolute Gasteiger partial charge is 0.394 e. The summed E-state index contributed by atoms with van der Waals surface area (Å²) in [5.74, 6) is 0. The zero-order chi connectivity index (χ0) is 12.6. The molecule has 8 heteroatoms. The van der Waals surface area contributed by atoms with Crippen LogP contribution in [0.1, 0.15) is 6.23 Å². The Morgan fingerprint density at radius 3 is 2.65 bits per heavy atom. The molecule has 94 valence electrons. The summed E-state index contributed by atoms with van der Waals surface area (Å²) < 4.78 is 32.4. The molecule has 0 bridgehead atoms. The lowest BCUT2D eigenvalue weighted by molar-refractivity contribution is -0.0437. The van der Waals surface area contributed by atoms with Crippen molar-refractivity contribution in [1.82, 2.24) is 9.55 Å². The first kappa shape index (κ1) is 11.9. The molecule has 17 heavy (non-hydrogen) atoms. The number of H-pyrrole nitrogens is 1. The fourth-order valence-corrected chi connectivity index (χ4v) is 1.68. The molecule has 1 aromatic rings. The second kappa shape index (κ2) is 4.38. The maximum Gasteiger partial charge on any atom is 0.330 e. The number of aromatic nitrogens is 2. The van der Waals surface area contributed by atoms with Gasteiger partial charge >= 0.3 is 5.69 Å². The molecule has 0 unspecified atom stereocenters. The predicted octanol–water partition coefficient (Wildman–Crippen LogP) is -0.898. The minimum Gasteiger partial charge on any atom is -0.394 e. The summed E-state index contributed by atoms with van der Waals surface area (Å²) >= 11 is 0. The minimum atomic E-state index is -2.07. The second-order valence-corrected chi connectivity index (χ2v) is 3.65. The highest BCUT2D eigenvalue weighted by Gasteiger charge is 2.46. The summed E-state index contributed by atoms with van der Waals surface area (Å²) in [6.07, 6.45) is -5.86. The van der Waals surface area contributed by atoms with Crippen LogP contribution in [-0.2, 0) is 4.74 Å². The molecule has 2 heterocycles. The normalized spacial score (nSPS) is 32.9. The van der Waals surface area contributed by atoms with Crippen molar-refractivity contribution < 1.29 is 18.6 Å². The monoisotopic (exact) mass is 248 g/mol. The Balaban J connectivity index is 2.35. The van der Waals surface area contributed by atoms with Crippen molar-refractivity contribution in [2.75, 3.05) is 6.61 Å². The lowest BCUT2D eigenvalue weighted by atomic mass is 10.2. The molecule has 6 nitrogen and oxygen atoms in total. The van der Waals surface area contributed by atoms with Gasteiger partial charge in [0.2, 0.25) is 0 Å². The highest BCUT2D eigenvalue weighted by Crippen LogP contribution is 2.32. The van der Waals surface area contributed by atoms with E-state index < -0.39 is 42.5 Å². The van der Waals surface area contributed by atoms with Crippen LogP contribution in [0.4, 0.5) is 8.78 Å². The maximum atomic E-state index is 13.5. The van der Waals surface area contributed by atoms with Crippen molar-refractivity contribution in [3.8, 4) is 0 Å². The van der Waals surface area contributed by atoms with Gasteiger partial charge in [-0.05, 0) is 0 Å². The molecule has 1 aliphatic heterocycles. The SMILES string of the molecule is O=c1ccn([C@@H]2O[C@H](CO)[C@@H](F)[C@@H]2F)c(=O)[nH]1. The number of rotatable bonds is 2. The summed E-state index contributed by atoms with van der Waals surface area (Å²) in [4.78, 5) is 24.1. The van der Waals surface area contributed by atoms with Crippen molar-refractivity contribution in [2.24, 2.45) is 0 Å². The van der Waals surface area contributed by atoms with E-state index in [1.807, 2.05) is 4.98 Å². The zero-order valence-corrected chi connectivity index (χ0v) is 8.55. The summed E-state index contributed by atoms with van der Waals surface area (Å²) in [7, 11) is 0. The van der Waals surface area contributed by atoms with Gasteiger partial charge in [-0.3, -0.25) is 14.3 Å². The summed E-state index contributed by atoms with van der Waals surface area (Å²) in [5.41, 5.74) is -1.54. The van der Waals surface area contributed by atoms with Gasteiger partial charge in [-0.2, -0.15) is 0 Å². The van der Waals surface area contributed by atoms with E-state index in [2.05, 4.69) is 0 Å². The third-order valence-electron chi connectivity index (χ3n) is 2.55. The molecule has 4 atom stereocenters. The van der Waals surface area contributed by atoms with Crippen molar-refractivity contribution in [1.29, 1.82) is 0 Å². The molecule has 0 spiro atoms. The standard InChI is InChI=1S/C9H10F2N2O4/c10-6-4(3-14)17-8(7(6)11)13-2-1-5(15)12-9(13)16/h1-2,4,6-8,14H,3H2,(H,12,15,16)/t4-,6-,7+,8-/m1/s1. The van der Waals surface area contributed by atoms with Crippen LogP contribution in [0.15, 0.2) is 21.9 Å². The van der Waals surface area contributed by atoms with Gasteiger partial charge in [0.1, 0.15) is 6.10 Å². The molecule has 0 aromatic carbocycles. The summed E-state index contributed by atoms with van der Waals surface area (Å²) in [5, 5.41) is 8.76. The van der Waals surface area contributed by atoms with Gasteiger partial charge in [-0.25, -0.2) is 13.6 Å². The number of alkyl halides is 2. The first-order valence-corrected chi connectivity index (χ1v) is 4.90. The Kier molecular flexibility index (Phi) is 3.07. The van der Waals surface area contributed by atoms with Crippen molar-refractivity contribution >= 4 is 0 Å². The summed E-state index contributed by atoms with van der Waals surface area (Å²) in [6, 6.07) is 0.997. The molecular formula is C9H10F2N2O4. The van der Waals surface area contributed by atoms with E-state index in [1.165, 1.54) is 0 Å². The Hall–Kier alpha value is -1.54. The molecule has 1 saturated heterocycles. The fourth-order valence-electron chi connectivity index (χ4n) is 1.68. The number of aliphatic hydroxyl groups excluding tert-OH is 1.